The van der Waals surface area contributed by atoms with Crippen LogP contribution >= 0.6 is 0 Å². The van der Waals surface area contributed by atoms with Crippen LogP contribution in [-0.2, 0) is 11.2 Å². The average Bonchev–Trinajstić information content (AvgIpc) is 2.25. The van der Waals surface area contributed by atoms with Gasteiger partial charge in [-0.15, -0.1) is 0 Å². The zero-order valence-corrected chi connectivity index (χ0v) is 9.19. The molecule has 0 saturated heterocycles. The smallest absolute Gasteiger partial charge is 0.338 e. The molecule has 0 aliphatic heterocycles. The number of aryl methyl sites for hydroxylation is 1. The van der Waals surface area contributed by atoms with Crippen molar-refractivity contribution in [2.45, 2.75) is 25.8 Å². The third-order valence-electron chi connectivity index (χ3n) is 2.29. The first-order valence-corrected chi connectivity index (χ1v) is 5.07. The SMILES string of the molecule is COC(=O)c1ccccc1CCC(C)N. The summed E-state index contributed by atoms with van der Waals surface area (Å²) in [7, 11) is 1.39. The highest BCUT2D eigenvalue weighted by molar-refractivity contribution is 5.90. The quantitative estimate of drug-likeness (QED) is 0.765. The Morgan fingerprint density at radius 1 is 1.47 bits per heavy atom. The van der Waals surface area contributed by atoms with Crippen molar-refractivity contribution in [2.24, 2.45) is 5.73 Å². The lowest BCUT2D eigenvalue weighted by molar-refractivity contribution is 0.0599. The van der Waals surface area contributed by atoms with Gasteiger partial charge in [-0.25, -0.2) is 4.79 Å². The van der Waals surface area contributed by atoms with Crippen LogP contribution in [0.5, 0.6) is 0 Å². The normalized spacial score (nSPS) is 12.2. The third-order valence-corrected chi connectivity index (χ3v) is 2.29. The highest BCUT2D eigenvalue weighted by Crippen LogP contribution is 2.12. The van der Waals surface area contributed by atoms with Crippen molar-refractivity contribution in [2.75, 3.05) is 7.11 Å². The predicted molar refractivity (Wildman–Crippen MR) is 59.8 cm³/mol. The summed E-state index contributed by atoms with van der Waals surface area (Å²) in [6, 6.07) is 7.62. The number of benzene rings is 1. The van der Waals surface area contributed by atoms with Gasteiger partial charge in [0.25, 0.3) is 0 Å². The van der Waals surface area contributed by atoms with E-state index in [1.165, 1.54) is 7.11 Å². The molecule has 0 bridgehead atoms. The second-order valence-corrected chi connectivity index (χ2v) is 3.66. The van der Waals surface area contributed by atoms with Gasteiger partial charge in [-0.1, -0.05) is 18.2 Å². The van der Waals surface area contributed by atoms with Crippen molar-refractivity contribution in [3.05, 3.63) is 35.4 Å². The number of hydrogen-bond acceptors (Lipinski definition) is 3. The van der Waals surface area contributed by atoms with Crippen LogP contribution in [0.15, 0.2) is 24.3 Å². The summed E-state index contributed by atoms with van der Waals surface area (Å²) in [4.78, 5) is 11.4. The minimum Gasteiger partial charge on any atom is -0.465 e. The van der Waals surface area contributed by atoms with E-state index in [9.17, 15) is 4.79 Å². The standard InChI is InChI=1S/C12H17NO2/c1-9(13)7-8-10-5-3-4-6-11(10)12(14)15-2/h3-6,9H,7-8,13H2,1-2H3. The molecule has 0 aliphatic rings. The largest absolute Gasteiger partial charge is 0.465 e. The zero-order chi connectivity index (χ0) is 11.3. The Labute approximate surface area is 90.2 Å². The number of esters is 1. The van der Waals surface area contributed by atoms with Gasteiger partial charge in [0.05, 0.1) is 12.7 Å². The first-order chi connectivity index (χ1) is 7.15. The number of nitrogens with two attached hydrogens (primary N) is 1. The van der Waals surface area contributed by atoms with E-state index >= 15 is 0 Å². The number of rotatable bonds is 4. The second-order valence-electron chi connectivity index (χ2n) is 3.66. The summed E-state index contributed by atoms with van der Waals surface area (Å²) >= 11 is 0. The highest BCUT2D eigenvalue weighted by atomic mass is 16.5. The molecule has 0 radical (unpaired) electrons. The molecular weight excluding hydrogens is 190 g/mol. The van der Waals surface area contributed by atoms with Gasteiger partial charge in [-0.05, 0) is 31.4 Å². The van der Waals surface area contributed by atoms with Gasteiger partial charge in [0.2, 0.25) is 0 Å². The summed E-state index contributed by atoms with van der Waals surface area (Å²) in [5.74, 6) is -0.282. The molecule has 1 aromatic carbocycles. The van der Waals surface area contributed by atoms with Crippen LogP contribution in [0.1, 0.15) is 29.3 Å². The van der Waals surface area contributed by atoms with Gasteiger partial charge in [0.1, 0.15) is 0 Å². The van der Waals surface area contributed by atoms with E-state index in [4.69, 9.17) is 10.5 Å². The van der Waals surface area contributed by atoms with Crippen molar-refractivity contribution < 1.29 is 9.53 Å². The summed E-state index contributed by atoms with van der Waals surface area (Å²) in [5.41, 5.74) is 7.32. The van der Waals surface area contributed by atoms with E-state index in [1.54, 1.807) is 6.07 Å². The number of hydrogen-bond donors (Lipinski definition) is 1. The van der Waals surface area contributed by atoms with Gasteiger partial charge in [-0.2, -0.15) is 0 Å². The Morgan fingerprint density at radius 3 is 2.73 bits per heavy atom. The first kappa shape index (κ1) is 11.7. The van der Waals surface area contributed by atoms with Crippen molar-refractivity contribution in [1.82, 2.24) is 0 Å². The van der Waals surface area contributed by atoms with E-state index in [2.05, 4.69) is 0 Å². The monoisotopic (exact) mass is 207 g/mol. The molecule has 1 unspecified atom stereocenters. The Balaban J connectivity index is 2.81. The molecule has 0 amide bonds. The third kappa shape index (κ3) is 3.36. The maximum Gasteiger partial charge on any atom is 0.338 e. The van der Waals surface area contributed by atoms with Gasteiger partial charge in [0.15, 0.2) is 0 Å². The van der Waals surface area contributed by atoms with E-state index in [1.807, 2.05) is 25.1 Å². The van der Waals surface area contributed by atoms with Crippen molar-refractivity contribution in [3.63, 3.8) is 0 Å². The molecule has 2 N–H and O–H groups in total. The zero-order valence-electron chi connectivity index (χ0n) is 9.19. The van der Waals surface area contributed by atoms with Crippen LogP contribution in [0.3, 0.4) is 0 Å². The predicted octanol–water partition coefficient (Wildman–Crippen LogP) is 1.75. The molecule has 3 nitrogen and oxygen atoms in total. The average molecular weight is 207 g/mol. The van der Waals surface area contributed by atoms with E-state index < -0.39 is 0 Å². The first-order valence-electron chi connectivity index (χ1n) is 5.07. The van der Waals surface area contributed by atoms with Gasteiger partial charge < -0.3 is 10.5 Å². The molecular formula is C12H17NO2. The summed E-state index contributed by atoms with van der Waals surface area (Å²) in [5, 5.41) is 0. The Kier molecular flexibility index (Phi) is 4.31. The lowest BCUT2D eigenvalue weighted by Gasteiger charge is -2.09. The lowest BCUT2D eigenvalue weighted by atomic mass is 10.0. The van der Waals surface area contributed by atoms with Crippen LogP contribution < -0.4 is 5.73 Å². The fourth-order valence-electron chi connectivity index (χ4n) is 1.43. The Morgan fingerprint density at radius 2 is 2.13 bits per heavy atom. The van der Waals surface area contributed by atoms with Gasteiger partial charge in [0, 0.05) is 6.04 Å². The van der Waals surface area contributed by atoms with E-state index in [0.717, 1.165) is 18.4 Å². The molecule has 0 spiro atoms. The molecule has 82 valence electrons. The van der Waals surface area contributed by atoms with Crippen LogP contribution in [0.25, 0.3) is 0 Å². The van der Waals surface area contributed by atoms with Crippen LogP contribution in [0.4, 0.5) is 0 Å². The van der Waals surface area contributed by atoms with E-state index in [-0.39, 0.29) is 12.0 Å². The Bertz CT molecular complexity index is 334. The molecule has 0 fully saturated rings. The van der Waals surface area contributed by atoms with Gasteiger partial charge in [-0.3, -0.25) is 0 Å². The van der Waals surface area contributed by atoms with Crippen molar-refractivity contribution in [3.8, 4) is 0 Å². The molecule has 1 atom stereocenters. The fourth-order valence-corrected chi connectivity index (χ4v) is 1.43. The minimum absolute atomic E-state index is 0.149. The molecule has 1 aromatic rings. The second kappa shape index (κ2) is 5.51. The topological polar surface area (TPSA) is 52.3 Å². The number of methoxy groups -OCH3 is 1. The molecule has 0 aromatic heterocycles. The molecule has 0 heterocycles. The number of carbonyl (C=O) groups excluding carboxylic acids is 1. The fraction of sp³-hybridized carbons (Fsp3) is 0.417. The Hall–Kier alpha value is -1.35. The van der Waals surface area contributed by atoms with Crippen LogP contribution in [0.2, 0.25) is 0 Å². The molecule has 0 aliphatic carbocycles. The molecule has 15 heavy (non-hydrogen) atoms. The molecule has 3 heteroatoms. The summed E-state index contributed by atoms with van der Waals surface area (Å²) < 4.78 is 4.71. The number of ether oxygens (including phenoxy) is 1. The van der Waals surface area contributed by atoms with Crippen LogP contribution in [-0.4, -0.2) is 19.1 Å². The summed E-state index contributed by atoms with van der Waals surface area (Å²) in [6.45, 7) is 1.96. The van der Waals surface area contributed by atoms with Gasteiger partial charge >= 0.3 is 5.97 Å². The molecule has 0 saturated carbocycles. The maximum absolute atomic E-state index is 11.4. The van der Waals surface area contributed by atoms with Crippen molar-refractivity contribution in [1.29, 1.82) is 0 Å². The summed E-state index contributed by atoms with van der Waals surface area (Å²) in [6.07, 6.45) is 1.68. The minimum atomic E-state index is -0.282. The van der Waals surface area contributed by atoms with Crippen molar-refractivity contribution >= 4 is 5.97 Å². The highest BCUT2D eigenvalue weighted by Gasteiger charge is 2.10. The lowest BCUT2D eigenvalue weighted by Crippen LogP contribution is -2.16. The van der Waals surface area contributed by atoms with Crippen LogP contribution in [0, 0.1) is 0 Å². The molecule has 1 rings (SSSR count). The number of carbonyl (C=O) groups is 1. The van der Waals surface area contributed by atoms with E-state index in [0.29, 0.717) is 5.56 Å². The maximum atomic E-state index is 11.4.